The van der Waals surface area contributed by atoms with Gasteiger partial charge in [0.25, 0.3) is 0 Å². The molecule has 0 aromatic heterocycles. The lowest BCUT2D eigenvalue weighted by molar-refractivity contribution is -0.145. The highest BCUT2D eigenvalue weighted by Gasteiger charge is 2.00. The van der Waals surface area contributed by atoms with E-state index in [1.54, 1.807) is 0 Å². The van der Waals surface area contributed by atoms with Crippen molar-refractivity contribution in [2.45, 2.75) is 32.6 Å². The summed E-state index contributed by atoms with van der Waals surface area (Å²) in [6.07, 6.45) is 3.46. The van der Waals surface area contributed by atoms with Gasteiger partial charge in [-0.2, -0.15) is 0 Å². The summed E-state index contributed by atoms with van der Waals surface area (Å²) in [5.41, 5.74) is 0. The Balaban J connectivity index is 3.09. The molecule has 0 saturated heterocycles. The maximum Gasteiger partial charge on any atom is 0.305 e. The van der Waals surface area contributed by atoms with Crippen molar-refractivity contribution in [2.24, 2.45) is 0 Å². The van der Waals surface area contributed by atoms with Gasteiger partial charge in [-0.15, -0.1) is 0 Å². The lowest BCUT2D eigenvalue weighted by atomic mass is 10.2. The zero-order chi connectivity index (χ0) is 8.53. The van der Waals surface area contributed by atoms with Crippen LogP contribution in [0.15, 0.2) is 0 Å². The Morgan fingerprint density at radius 1 is 1.36 bits per heavy atom. The van der Waals surface area contributed by atoms with E-state index in [0.717, 1.165) is 19.3 Å². The Morgan fingerprint density at radius 3 is 2.64 bits per heavy atom. The van der Waals surface area contributed by atoms with Crippen LogP contribution < -0.4 is 0 Å². The van der Waals surface area contributed by atoms with E-state index in [2.05, 4.69) is 11.7 Å². The first-order valence-electron chi connectivity index (χ1n) is 4.05. The van der Waals surface area contributed by atoms with Gasteiger partial charge in [0.15, 0.2) is 0 Å². The largest absolute Gasteiger partial charge is 0.463 e. The summed E-state index contributed by atoms with van der Waals surface area (Å²) < 4.78 is 4.59. The minimum absolute atomic E-state index is 0.0188. The zero-order valence-electron chi connectivity index (χ0n) is 6.97. The molecule has 0 aliphatic rings. The van der Waals surface area contributed by atoms with Crippen LogP contribution in [0.25, 0.3) is 0 Å². The Hall–Kier alpha value is -0.570. The molecular weight excluding hydrogens is 144 g/mol. The highest BCUT2D eigenvalue weighted by molar-refractivity contribution is 5.69. The highest BCUT2D eigenvalue weighted by Crippen LogP contribution is 1.99. The second-order valence-electron chi connectivity index (χ2n) is 2.38. The summed E-state index contributed by atoms with van der Waals surface area (Å²) in [6, 6.07) is 0. The molecule has 0 rings (SSSR count). The fraction of sp³-hybridized carbons (Fsp3) is 0.875. The van der Waals surface area contributed by atoms with Crippen LogP contribution in [-0.4, -0.2) is 19.2 Å². The SMILES string of the molecule is CCCCCC(=O)OCC[O]. The second kappa shape index (κ2) is 7.54. The molecule has 3 heteroatoms. The molecule has 0 unspecified atom stereocenters. The van der Waals surface area contributed by atoms with Crippen LogP contribution in [-0.2, 0) is 14.6 Å². The monoisotopic (exact) mass is 159 g/mol. The van der Waals surface area contributed by atoms with Crippen molar-refractivity contribution in [3.05, 3.63) is 0 Å². The molecule has 0 aromatic carbocycles. The molecule has 0 aliphatic carbocycles. The molecule has 0 bridgehead atoms. The average Bonchev–Trinajstić information content (AvgIpc) is 2.01. The fourth-order valence-corrected chi connectivity index (χ4v) is 0.747. The van der Waals surface area contributed by atoms with E-state index in [4.69, 9.17) is 0 Å². The number of unbranched alkanes of at least 4 members (excludes halogenated alkanes) is 2. The summed E-state index contributed by atoms with van der Waals surface area (Å²) in [7, 11) is 0. The first-order chi connectivity index (χ1) is 5.31. The molecule has 0 heterocycles. The number of hydrogen-bond donors (Lipinski definition) is 0. The number of carbonyl (C=O) groups is 1. The van der Waals surface area contributed by atoms with Gasteiger partial charge in [0.05, 0.1) is 0 Å². The molecule has 0 aliphatic heterocycles. The second-order valence-corrected chi connectivity index (χ2v) is 2.38. The van der Waals surface area contributed by atoms with Crippen LogP contribution in [0, 0.1) is 0 Å². The first-order valence-corrected chi connectivity index (χ1v) is 4.05. The van der Waals surface area contributed by atoms with Gasteiger partial charge in [0.1, 0.15) is 13.2 Å². The van der Waals surface area contributed by atoms with Gasteiger partial charge in [-0.1, -0.05) is 19.8 Å². The third-order valence-electron chi connectivity index (χ3n) is 1.33. The van der Waals surface area contributed by atoms with Crippen LogP contribution >= 0.6 is 0 Å². The molecule has 65 valence electrons. The van der Waals surface area contributed by atoms with Gasteiger partial charge < -0.3 is 4.74 Å². The topological polar surface area (TPSA) is 46.2 Å². The van der Waals surface area contributed by atoms with Crippen LogP contribution in [0.1, 0.15) is 32.6 Å². The van der Waals surface area contributed by atoms with Gasteiger partial charge >= 0.3 is 5.97 Å². The molecule has 1 radical (unpaired) electrons. The van der Waals surface area contributed by atoms with Crippen molar-refractivity contribution in [2.75, 3.05) is 13.2 Å². The van der Waals surface area contributed by atoms with Gasteiger partial charge in [-0.25, -0.2) is 5.11 Å². The van der Waals surface area contributed by atoms with Crippen LogP contribution in [0.5, 0.6) is 0 Å². The Kier molecular flexibility index (Phi) is 7.15. The van der Waals surface area contributed by atoms with E-state index in [0.29, 0.717) is 6.42 Å². The highest BCUT2D eigenvalue weighted by atomic mass is 16.5. The fourth-order valence-electron chi connectivity index (χ4n) is 0.747. The van der Waals surface area contributed by atoms with E-state index in [1.807, 2.05) is 0 Å². The quantitative estimate of drug-likeness (QED) is 0.436. The van der Waals surface area contributed by atoms with E-state index >= 15 is 0 Å². The van der Waals surface area contributed by atoms with Gasteiger partial charge in [0.2, 0.25) is 0 Å². The molecule has 0 N–H and O–H groups in total. The Bertz CT molecular complexity index is 102. The lowest BCUT2D eigenvalue weighted by Crippen LogP contribution is -2.07. The van der Waals surface area contributed by atoms with E-state index in [9.17, 15) is 9.90 Å². The number of ether oxygens (including phenoxy) is 1. The molecule has 11 heavy (non-hydrogen) atoms. The lowest BCUT2D eigenvalue weighted by Gasteiger charge is -2.00. The molecular formula is C8H15O3. The van der Waals surface area contributed by atoms with E-state index in [-0.39, 0.29) is 19.2 Å². The van der Waals surface area contributed by atoms with Crippen molar-refractivity contribution < 1.29 is 14.6 Å². The van der Waals surface area contributed by atoms with Gasteiger partial charge in [-0.3, -0.25) is 4.79 Å². The maximum absolute atomic E-state index is 10.7. The number of esters is 1. The summed E-state index contributed by atoms with van der Waals surface area (Å²) in [4.78, 5) is 10.7. The Labute approximate surface area is 67.4 Å². The molecule has 0 atom stereocenters. The molecule has 0 fully saturated rings. The third kappa shape index (κ3) is 7.33. The van der Waals surface area contributed by atoms with Crippen molar-refractivity contribution in [3.8, 4) is 0 Å². The minimum atomic E-state index is -0.334. The van der Waals surface area contributed by atoms with Crippen molar-refractivity contribution in [1.29, 1.82) is 0 Å². The molecule has 0 aromatic rings. The predicted octanol–water partition coefficient (Wildman–Crippen LogP) is 1.54. The predicted molar refractivity (Wildman–Crippen MR) is 40.7 cm³/mol. The normalized spacial score (nSPS) is 9.64. The number of hydrogen-bond acceptors (Lipinski definition) is 2. The van der Waals surface area contributed by atoms with Gasteiger partial charge in [-0.05, 0) is 6.42 Å². The smallest absolute Gasteiger partial charge is 0.305 e. The summed E-state index contributed by atoms with van der Waals surface area (Å²) in [6.45, 7) is 1.76. The molecule has 3 nitrogen and oxygen atoms in total. The van der Waals surface area contributed by atoms with Crippen LogP contribution in [0.3, 0.4) is 0 Å². The number of rotatable bonds is 6. The maximum atomic E-state index is 10.7. The van der Waals surface area contributed by atoms with Gasteiger partial charge in [0, 0.05) is 6.42 Å². The Morgan fingerprint density at radius 2 is 2.09 bits per heavy atom. The summed E-state index contributed by atoms with van der Waals surface area (Å²) in [5, 5.41) is 9.89. The minimum Gasteiger partial charge on any atom is -0.463 e. The van der Waals surface area contributed by atoms with Crippen molar-refractivity contribution in [1.82, 2.24) is 0 Å². The summed E-state index contributed by atoms with van der Waals surface area (Å²) in [5.74, 6) is -0.241. The standard InChI is InChI=1S/C8H15O3/c1-2-3-4-5-8(10)11-7-6-9/h2-7H2,1H3. The average molecular weight is 159 g/mol. The third-order valence-corrected chi connectivity index (χ3v) is 1.33. The molecule has 0 saturated carbocycles. The number of carbonyl (C=O) groups excluding carboxylic acids is 1. The van der Waals surface area contributed by atoms with E-state index < -0.39 is 0 Å². The van der Waals surface area contributed by atoms with Crippen LogP contribution in [0.2, 0.25) is 0 Å². The molecule has 0 amide bonds. The molecule has 0 spiro atoms. The first kappa shape index (κ1) is 10.4. The van der Waals surface area contributed by atoms with E-state index in [1.165, 1.54) is 0 Å². The summed E-state index contributed by atoms with van der Waals surface area (Å²) >= 11 is 0. The van der Waals surface area contributed by atoms with Crippen LogP contribution in [0.4, 0.5) is 0 Å². The van der Waals surface area contributed by atoms with Crippen molar-refractivity contribution in [3.63, 3.8) is 0 Å². The van der Waals surface area contributed by atoms with Crippen molar-refractivity contribution >= 4 is 5.97 Å². The zero-order valence-corrected chi connectivity index (χ0v) is 6.97.